The van der Waals surface area contributed by atoms with Gasteiger partial charge in [0.2, 0.25) is 0 Å². The molecule has 1 rings (SSSR count). The molecular weight excluding hydrogens is 235 g/mol. The summed E-state index contributed by atoms with van der Waals surface area (Å²) in [5, 5.41) is 11.7. The number of alkyl halides is 3. The van der Waals surface area contributed by atoms with Gasteiger partial charge < -0.3 is 15.2 Å². The van der Waals surface area contributed by atoms with Crippen LogP contribution in [0.25, 0.3) is 0 Å². The first-order valence-corrected chi connectivity index (χ1v) is 5.62. The molecule has 1 heterocycles. The van der Waals surface area contributed by atoms with Crippen LogP contribution < -0.4 is 5.32 Å². The predicted molar refractivity (Wildman–Crippen MR) is 57.7 cm³/mol. The summed E-state index contributed by atoms with van der Waals surface area (Å²) in [5.74, 6) is 0. The number of ether oxygens (including phenoxy) is 1. The maximum Gasteiger partial charge on any atom is 0.415 e. The first-order chi connectivity index (χ1) is 7.44. The Hall–Kier alpha value is -0.330. The molecule has 0 spiro atoms. The Bertz CT molecular complexity index is 276. The summed E-state index contributed by atoms with van der Waals surface area (Å²) in [6.07, 6.45) is -6.29. The fourth-order valence-corrected chi connectivity index (χ4v) is 2.25. The molecule has 1 fully saturated rings. The van der Waals surface area contributed by atoms with Gasteiger partial charge in [-0.05, 0) is 34.1 Å². The summed E-state index contributed by atoms with van der Waals surface area (Å²) in [7, 11) is 0. The predicted octanol–water partition coefficient (Wildman–Crippen LogP) is 1.85. The molecule has 6 heteroatoms. The average molecular weight is 255 g/mol. The van der Waals surface area contributed by atoms with Gasteiger partial charge in [0.25, 0.3) is 0 Å². The molecule has 0 saturated carbocycles. The molecule has 0 aromatic rings. The quantitative estimate of drug-likeness (QED) is 0.808. The van der Waals surface area contributed by atoms with Gasteiger partial charge in [-0.3, -0.25) is 0 Å². The van der Waals surface area contributed by atoms with Crippen LogP contribution in [-0.4, -0.2) is 41.2 Å². The molecular formula is C11H20F3NO2. The largest absolute Gasteiger partial charge is 0.415 e. The number of nitrogens with one attached hydrogen (secondary N) is 1. The van der Waals surface area contributed by atoms with E-state index in [2.05, 4.69) is 5.32 Å². The molecule has 0 aromatic heterocycles. The summed E-state index contributed by atoms with van der Waals surface area (Å²) in [6, 6.07) is -0.200. The topological polar surface area (TPSA) is 41.5 Å². The van der Waals surface area contributed by atoms with Crippen molar-refractivity contribution in [2.75, 3.05) is 6.54 Å². The van der Waals surface area contributed by atoms with Crippen molar-refractivity contribution in [3.05, 3.63) is 0 Å². The molecule has 1 aliphatic rings. The van der Waals surface area contributed by atoms with Gasteiger partial charge in [-0.15, -0.1) is 0 Å². The van der Waals surface area contributed by atoms with Crippen LogP contribution in [0, 0.1) is 0 Å². The number of rotatable bonds is 3. The Kier molecular flexibility index (Phi) is 3.82. The minimum atomic E-state index is -4.58. The van der Waals surface area contributed by atoms with Crippen LogP contribution in [0.3, 0.4) is 0 Å². The molecule has 2 atom stereocenters. The minimum Gasteiger partial charge on any atom is -0.382 e. The lowest BCUT2D eigenvalue weighted by Crippen LogP contribution is -2.48. The Morgan fingerprint density at radius 2 is 1.88 bits per heavy atom. The van der Waals surface area contributed by atoms with Crippen LogP contribution in [-0.2, 0) is 4.74 Å². The van der Waals surface area contributed by atoms with E-state index < -0.39 is 24.4 Å². The maximum absolute atomic E-state index is 12.1. The molecule has 1 aliphatic heterocycles. The SMILES string of the molecule is CC1(C)CC(NCC(O)C(F)(F)F)C(C)(C)O1. The molecule has 0 aromatic carbocycles. The van der Waals surface area contributed by atoms with Crippen molar-refractivity contribution in [2.24, 2.45) is 0 Å². The molecule has 0 aliphatic carbocycles. The molecule has 0 bridgehead atoms. The van der Waals surface area contributed by atoms with E-state index >= 15 is 0 Å². The van der Waals surface area contributed by atoms with Gasteiger partial charge in [-0.25, -0.2) is 0 Å². The summed E-state index contributed by atoms with van der Waals surface area (Å²) < 4.78 is 42.2. The van der Waals surface area contributed by atoms with Crippen LogP contribution >= 0.6 is 0 Å². The Labute approximate surface area is 99.3 Å². The van der Waals surface area contributed by atoms with E-state index in [1.165, 1.54) is 0 Å². The number of halogens is 3. The third-order valence-corrected chi connectivity index (χ3v) is 3.01. The van der Waals surface area contributed by atoms with E-state index in [-0.39, 0.29) is 11.6 Å². The number of hydrogen-bond donors (Lipinski definition) is 2. The second-order valence-electron chi connectivity index (χ2n) is 5.69. The van der Waals surface area contributed by atoms with E-state index in [1.54, 1.807) is 0 Å². The van der Waals surface area contributed by atoms with E-state index in [9.17, 15) is 13.2 Å². The normalized spacial score (nSPS) is 29.3. The second-order valence-corrected chi connectivity index (χ2v) is 5.69. The molecule has 3 nitrogen and oxygen atoms in total. The number of aliphatic hydroxyl groups is 1. The van der Waals surface area contributed by atoms with Crippen LogP contribution in [0.4, 0.5) is 13.2 Å². The highest BCUT2D eigenvalue weighted by atomic mass is 19.4. The second kappa shape index (κ2) is 4.40. The highest BCUT2D eigenvalue weighted by Gasteiger charge is 2.46. The fraction of sp³-hybridized carbons (Fsp3) is 1.00. The lowest BCUT2D eigenvalue weighted by atomic mass is 9.94. The van der Waals surface area contributed by atoms with Gasteiger partial charge in [0.15, 0.2) is 6.10 Å². The first kappa shape index (κ1) is 14.7. The molecule has 1 saturated heterocycles. The van der Waals surface area contributed by atoms with Crippen LogP contribution in [0.15, 0.2) is 0 Å². The smallest absolute Gasteiger partial charge is 0.382 e. The molecule has 2 N–H and O–H groups in total. The Morgan fingerprint density at radius 3 is 2.24 bits per heavy atom. The van der Waals surface area contributed by atoms with E-state index in [0.29, 0.717) is 6.42 Å². The Balaban J connectivity index is 2.53. The van der Waals surface area contributed by atoms with Crippen molar-refractivity contribution in [2.45, 2.75) is 63.6 Å². The molecule has 2 unspecified atom stereocenters. The lowest BCUT2D eigenvalue weighted by molar-refractivity contribution is -0.202. The van der Waals surface area contributed by atoms with Crippen LogP contribution in [0.5, 0.6) is 0 Å². The maximum atomic E-state index is 12.1. The molecule has 102 valence electrons. The van der Waals surface area contributed by atoms with Crippen LogP contribution in [0.2, 0.25) is 0 Å². The monoisotopic (exact) mass is 255 g/mol. The summed E-state index contributed by atoms with van der Waals surface area (Å²) in [6.45, 7) is 6.96. The highest BCUT2D eigenvalue weighted by Crippen LogP contribution is 2.37. The lowest BCUT2D eigenvalue weighted by Gasteiger charge is -2.28. The fourth-order valence-electron chi connectivity index (χ4n) is 2.25. The molecule has 17 heavy (non-hydrogen) atoms. The summed E-state index contributed by atoms with van der Waals surface area (Å²) in [5.41, 5.74) is -0.890. The van der Waals surface area contributed by atoms with Gasteiger partial charge in [0, 0.05) is 12.6 Å². The minimum absolute atomic E-state index is 0.200. The van der Waals surface area contributed by atoms with Gasteiger partial charge in [0.05, 0.1) is 11.2 Å². The third kappa shape index (κ3) is 3.82. The van der Waals surface area contributed by atoms with Gasteiger partial charge >= 0.3 is 6.18 Å². The van der Waals surface area contributed by atoms with E-state index in [1.807, 2.05) is 27.7 Å². The van der Waals surface area contributed by atoms with Crippen molar-refractivity contribution < 1.29 is 23.0 Å². The average Bonchev–Trinajstić information content (AvgIpc) is 2.28. The van der Waals surface area contributed by atoms with E-state index in [4.69, 9.17) is 9.84 Å². The van der Waals surface area contributed by atoms with Crippen molar-refractivity contribution in [1.82, 2.24) is 5.32 Å². The first-order valence-electron chi connectivity index (χ1n) is 5.62. The summed E-state index contributed by atoms with van der Waals surface area (Å²) >= 11 is 0. The number of hydrogen-bond acceptors (Lipinski definition) is 3. The van der Waals surface area contributed by atoms with Gasteiger partial charge in [-0.2, -0.15) is 13.2 Å². The van der Waals surface area contributed by atoms with Crippen molar-refractivity contribution in [3.8, 4) is 0 Å². The zero-order chi connectivity index (χ0) is 13.5. The molecule has 0 radical (unpaired) electrons. The van der Waals surface area contributed by atoms with Crippen LogP contribution in [0.1, 0.15) is 34.1 Å². The Morgan fingerprint density at radius 1 is 1.35 bits per heavy atom. The molecule has 0 amide bonds. The van der Waals surface area contributed by atoms with Crippen molar-refractivity contribution in [1.29, 1.82) is 0 Å². The highest BCUT2D eigenvalue weighted by molar-refractivity contribution is 4.99. The summed E-state index contributed by atoms with van der Waals surface area (Å²) in [4.78, 5) is 0. The van der Waals surface area contributed by atoms with Crippen molar-refractivity contribution in [3.63, 3.8) is 0 Å². The van der Waals surface area contributed by atoms with Gasteiger partial charge in [0.1, 0.15) is 0 Å². The zero-order valence-electron chi connectivity index (χ0n) is 10.6. The van der Waals surface area contributed by atoms with E-state index in [0.717, 1.165) is 0 Å². The standard InChI is InChI=1S/C11H20F3NO2/c1-9(2)5-7(10(3,4)17-9)15-6-8(16)11(12,13)14/h7-8,15-16H,5-6H2,1-4H3. The number of aliphatic hydroxyl groups excluding tert-OH is 1. The third-order valence-electron chi connectivity index (χ3n) is 3.01. The zero-order valence-corrected chi connectivity index (χ0v) is 10.6. The van der Waals surface area contributed by atoms with Gasteiger partial charge in [-0.1, -0.05) is 0 Å². The van der Waals surface area contributed by atoms with Crippen molar-refractivity contribution >= 4 is 0 Å².